The molecular formula is C20H29N5. The summed E-state index contributed by atoms with van der Waals surface area (Å²) < 4.78 is 0. The molecule has 0 aliphatic carbocycles. The first-order valence-corrected chi connectivity index (χ1v) is 8.87. The molecule has 0 atom stereocenters. The summed E-state index contributed by atoms with van der Waals surface area (Å²) in [5.74, 6) is 1.12. The van der Waals surface area contributed by atoms with Gasteiger partial charge in [0, 0.05) is 28.9 Å². The molecule has 1 aromatic carbocycles. The summed E-state index contributed by atoms with van der Waals surface area (Å²) in [4.78, 5) is 11.2. The van der Waals surface area contributed by atoms with Crippen LogP contribution in [0.3, 0.4) is 0 Å². The number of hydrogen-bond acceptors (Lipinski definition) is 5. The number of benzene rings is 1. The van der Waals surface area contributed by atoms with Crippen molar-refractivity contribution < 1.29 is 0 Å². The Labute approximate surface area is 150 Å². The van der Waals surface area contributed by atoms with Gasteiger partial charge in [-0.05, 0) is 53.1 Å². The predicted octanol–water partition coefficient (Wildman–Crippen LogP) is 3.79. The molecule has 1 fully saturated rings. The molecule has 0 saturated carbocycles. The maximum absolute atomic E-state index is 5.87. The monoisotopic (exact) mass is 339 g/mol. The van der Waals surface area contributed by atoms with Crippen LogP contribution in [0.1, 0.15) is 40.5 Å². The summed E-state index contributed by atoms with van der Waals surface area (Å²) in [6.07, 6.45) is 3.90. The molecule has 5 heteroatoms. The van der Waals surface area contributed by atoms with E-state index in [0.717, 1.165) is 29.8 Å². The molecule has 1 aliphatic rings. The van der Waals surface area contributed by atoms with E-state index in [-0.39, 0.29) is 11.1 Å². The normalized spacial score (nSPS) is 20.4. The minimum atomic E-state index is 0.116. The van der Waals surface area contributed by atoms with Crippen molar-refractivity contribution in [1.82, 2.24) is 14.9 Å². The highest BCUT2D eigenvalue weighted by atomic mass is 15.2. The maximum Gasteiger partial charge on any atom is 0.221 e. The highest BCUT2D eigenvalue weighted by Crippen LogP contribution is 2.38. The second-order valence-electron chi connectivity index (χ2n) is 8.29. The Morgan fingerprint density at radius 3 is 2.28 bits per heavy atom. The van der Waals surface area contributed by atoms with E-state index in [1.54, 1.807) is 0 Å². The van der Waals surface area contributed by atoms with Gasteiger partial charge in [-0.2, -0.15) is 4.98 Å². The molecule has 1 aromatic heterocycles. The molecule has 2 heterocycles. The molecular weight excluding hydrogens is 310 g/mol. The molecule has 134 valence electrons. The molecule has 5 nitrogen and oxygen atoms in total. The third-order valence-corrected chi connectivity index (χ3v) is 5.54. The number of hydrogen-bond donors (Lipinski definition) is 2. The first kappa shape index (κ1) is 17.7. The molecule has 3 N–H and O–H groups in total. The van der Waals surface area contributed by atoms with Crippen molar-refractivity contribution in [2.45, 2.75) is 57.7 Å². The number of nitrogens with two attached hydrogens (primary N) is 1. The van der Waals surface area contributed by atoms with Gasteiger partial charge < -0.3 is 11.1 Å². The van der Waals surface area contributed by atoms with E-state index in [1.165, 1.54) is 0 Å². The van der Waals surface area contributed by atoms with Gasteiger partial charge in [0.2, 0.25) is 5.95 Å². The van der Waals surface area contributed by atoms with Crippen LogP contribution in [0, 0.1) is 0 Å². The van der Waals surface area contributed by atoms with Gasteiger partial charge in [-0.3, -0.25) is 4.90 Å². The first-order valence-electron chi connectivity index (χ1n) is 8.87. The highest BCUT2D eigenvalue weighted by Gasteiger charge is 2.43. The number of rotatable bonds is 3. The number of anilines is 2. The largest absolute Gasteiger partial charge is 0.368 e. The number of piperidine rings is 1. The molecule has 0 amide bonds. The Kier molecular flexibility index (Phi) is 4.45. The van der Waals surface area contributed by atoms with Gasteiger partial charge in [0.25, 0.3) is 0 Å². The van der Waals surface area contributed by atoms with E-state index in [0.29, 0.717) is 12.0 Å². The minimum absolute atomic E-state index is 0.116. The van der Waals surface area contributed by atoms with Gasteiger partial charge in [0.15, 0.2) is 0 Å². The van der Waals surface area contributed by atoms with Crippen molar-refractivity contribution in [2.24, 2.45) is 0 Å². The number of nitrogen functional groups attached to an aromatic ring is 1. The summed E-state index contributed by atoms with van der Waals surface area (Å²) >= 11 is 0. The number of likely N-dealkylation sites (tertiary alicyclic amines) is 1. The zero-order chi connectivity index (χ0) is 18.2. The van der Waals surface area contributed by atoms with E-state index >= 15 is 0 Å². The molecule has 2 aromatic rings. The molecule has 0 unspecified atom stereocenters. The molecule has 3 rings (SSSR count). The average molecular weight is 339 g/mol. The smallest absolute Gasteiger partial charge is 0.221 e. The van der Waals surface area contributed by atoms with Crippen molar-refractivity contribution in [3.8, 4) is 11.1 Å². The fraction of sp³-hybridized carbons (Fsp3) is 0.500. The summed E-state index contributed by atoms with van der Waals surface area (Å²) in [5, 5.41) is 3.66. The van der Waals surface area contributed by atoms with Crippen LogP contribution in [0.25, 0.3) is 11.1 Å². The van der Waals surface area contributed by atoms with Crippen molar-refractivity contribution in [3.05, 3.63) is 36.5 Å². The van der Waals surface area contributed by atoms with Crippen LogP contribution in [-0.2, 0) is 0 Å². The lowest BCUT2D eigenvalue weighted by Gasteiger charge is -2.53. The van der Waals surface area contributed by atoms with Crippen LogP contribution < -0.4 is 11.1 Å². The van der Waals surface area contributed by atoms with Gasteiger partial charge in [-0.1, -0.05) is 30.3 Å². The van der Waals surface area contributed by atoms with Crippen molar-refractivity contribution in [2.75, 3.05) is 18.1 Å². The molecule has 1 aliphatic heterocycles. The Morgan fingerprint density at radius 2 is 1.68 bits per heavy atom. The van der Waals surface area contributed by atoms with Gasteiger partial charge in [-0.25, -0.2) is 4.98 Å². The van der Waals surface area contributed by atoms with Crippen LogP contribution in [-0.4, -0.2) is 39.0 Å². The fourth-order valence-corrected chi connectivity index (χ4v) is 4.00. The zero-order valence-corrected chi connectivity index (χ0v) is 15.9. The van der Waals surface area contributed by atoms with E-state index in [9.17, 15) is 0 Å². The fourth-order valence-electron chi connectivity index (χ4n) is 4.00. The van der Waals surface area contributed by atoms with E-state index in [4.69, 9.17) is 5.73 Å². The van der Waals surface area contributed by atoms with Gasteiger partial charge in [-0.15, -0.1) is 0 Å². The van der Waals surface area contributed by atoms with E-state index in [2.05, 4.69) is 67.1 Å². The maximum atomic E-state index is 5.87. The Bertz CT molecular complexity index is 721. The summed E-state index contributed by atoms with van der Waals surface area (Å²) in [6, 6.07) is 10.5. The van der Waals surface area contributed by atoms with Gasteiger partial charge in [0.1, 0.15) is 5.82 Å². The van der Waals surface area contributed by atoms with Crippen LogP contribution >= 0.6 is 0 Å². The lowest BCUT2D eigenvalue weighted by atomic mass is 9.77. The molecule has 0 radical (unpaired) electrons. The van der Waals surface area contributed by atoms with Crippen molar-refractivity contribution >= 4 is 11.8 Å². The zero-order valence-electron chi connectivity index (χ0n) is 15.9. The van der Waals surface area contributed by atoms with Crippen molar-refractivity contribution in [1.29, 1.82) is 0 Å². The van der Waals surface area contributed by atoms with Crippen LogP contribution in [0.15, 0.2) is 36.5 Å². The third-order valence-electron chi connectivity index (χ3n) is 5.54. The third kappa shape index (κ3) is 3.61. The SMILES string of the molecule is CN1C(C)(C)CC(Nc2nc(N)ncc2-c2ccccc2)CC1(C)C. The Hall–Kier alpha value is -2.14. The first-order chi connectivity index (χ1) is 11.7. The standard InChI is InChI=1S/C20H29N5/c1-19(2)11-15(12-20(3,4)25(19)5)23-17-16(13-22-18(21)24-17)14-9-7-6-8-10-14/h6-10,13,15H,11-12H2,1-5H3,(H3,21,22,23,24). The van der Waals surface area contributed by atoms with Crippen molar-refractivity contribution in [3.63, 3.8) is 0 Å². The second-order valence-corrected chi connectivity index (χ2v) is 8.29. The number of nitrogens with one attached hydrogen (secondary N) is 1. The van der Waals surface area contributed by atoms with Crippen LogP contribution in [0.2, 0.25) is 0 Å². The molecule has 0 bridgehead atoms. The minimum Gasteiger partial charge on any atom is -0.368 e. The molecule has 0 spiro atoms. The highest BCUT2D eigenvalue weighted by molar-refractivity contribution is 5.75. The number of nitrogens with zero attached hydrogens (tertiary/aromatic N) is 3. The summed E-state index contributed by atoms with van der Waals surface area (Å²) in [6.45, 7) is 9.20. The van der Waals surface area contributed by atoms with Crippen LogP contribution in [0.5, 0.6) is 0 Å². The van der Waals surface area contributed by atoms with Gasteiger partial charge >= 0.3 is 0 Å². The predicted molar refractivity (Wildman–Crippen MR) is 104 cm³/mol. The second kappa shape index (κ2) is 6.30. The Morgan fingerprint density at radius 1 is 1.08 bits per heavy atom. The molecule has 25 heavy (non-hydrogen) atoms. The quantitative estimate of drug-likeness (QED) is 0.890. The average Bonchev–Trinajstić information content (AvgIpc) is 2.53. The summed E-state index contributed by atoms with van der Waals surface area (Å²) in [7, 11) is 2.22. The lowest BCUT2D eigenvalue weighted by molar-refractivity contribution is -0.00771. The topological polar surface area (TPSA) is 67.1 Å². The van der Waals surface area contributed by atoms with Gasteiger partial charge in [0.05, 0.1) is 0 Å². The summed E-state index contributed by atoms with van der Waals surface area (Å²) in [5.41, 5.74) is 8.18. The van der Waals surface area contributed by atoms with E-state index in [1.807, 2.05) is 24.4 Å². The van der Waals surface area contributed by atoms with E-state index < -0.39 is 0 Å². The lowest BCUT2D eigenvalue weighted by Crippen LogP contribution is -2.61. The Balaban J connectivity index is 1.92. The molecule has 1 saturated heterocycles. The number of aromatic nitrogens is 2. The van der Waals surface area contributed by atoms with Crippen LogP contribution in [0.4, 0.5) is 11.8 Å².